The summed E-state index contributed by atoms with van der Waals surface area (Å²) in [7, 11) is 1.49. The van der Waals surface area contributed by atoms with Crippen LogP contribution in [0.5, 0.6) is 0 Å². The summed E-state index contributed by atoms with van der Waals surface area (Å²) >= 11 is 0. The zero-order chi connectivity index (χ0) is 13.5. The molecule has 1 aliphatic rings. The Morgan fingerprint density at radius 3 is 2.74 bits per heavy atom. The summed E-state index contributed by atoms with van der Waals surface area (Å²) in [6.07, 6.45) is 2.64. The van der Waals surface area contributed by atoms with E-state index in [0.29, 0.717) is 18.9 Å². The van der Waals surface area contributed by atoms with E-state index in [1.165, 1.54) is 13.5 Å². The zero-order valence-electron chi connectivity index (χ0n) is 11.6. The number of hydrogen-bond acceptors (Lipinski definition) is 4. The van der Waals surface area contributed by atoms with E-state index in [1.54, 1.807) is 0 Å². The SMILES string of the molecule is CNC(=O)NC(=O)CCN1CCCC(C(C)N)C1.Cl. The third-order valence-electron chi connectivity index (χ3n) is 3.42. The molecule has 4 N–H and O–H groups in total. The fourth-order valence-corrected chi connectivity index (χ4v) is 2.23. The second-order valence-corrected chi connectivity index (χ2v) is 4.94. The molecule has 19 heavy (non-hydrogen) atoms. The quantitative estimate of drug-likeness (QED) is 0.696. The lowest BCUT2D eigenvalue weighted by Crippen LogP contribution is -2.44. The van der Waals surface area contributed by atoms with Gasteiger partial charge in [0.2, 0.25) is 5.91 Å². The first-order valence-corrected chi connectivity index (χ1v) is 6.52. The van der Waals surface area contributed by atoms with Gasteiger partial charge < -0.3 is 16.0 Å². The highest BCUT2D eigenvalue weighted by Gasteiger charge is 2.22. The number of imide groups is 1. The number of urea groups is 1. The van der Waals surface area contributed by atoms with Gasteiger partial charge in [0.05, 0.1) is 0 Å². The van der Waals surface area contributed by atoms with Gasteiger partial charge in [-0.3, -0.25) is 10.1 Å². The van der Waals surface area contributed by atoms with Gasteiger partial charge in [0.1, 0.15) is 0 Å². The first-order chi connectivity index (χ1) is 8.52. The Hall–Kier alpha value is -0.850. The molecule has 0 aromatic rings. The fourth-order valence-electron chi connectivity index (χ4n) is 2.23. The van der Waals surface area contributed by atoms with E-state index < -0.39 is 6.03 Å². The molecule has 1 heterocycles. The van der Waals surface area contributed by atoms with Crippen molar-refractivity contribution in [1.82, 2.24) is 15.5 Å². The standard InChI is InChI=1S/C12H24N4O2.ClH/c1-9(13)10-4-3-6-16(8-10)7-5-11(17)15-12(18)14-2;/h9-10H,3-8,13H2,1-2H3,(H2,14,15,17,18);1H. The normalized spacial score (nSPS) is 21.1. The molecular weight excluding hydrogens is 268 g/mol. The highest BCUT2D eigenvalue weighted by Crippen LogP contribution is 2.18. The Kier molecular flexibility index (Phi) is 8.71. The molecule has 0 radical (unpaired) electrons. The van der Waals surface area contributed by atoms with E-state index in [9.17, 15) is 9.59 Å². The number of amides is 3. The van der Waals surface area contributed by atoms with E-state index in [2.05, 4.69) is 15.5 Å². The molecule has 1 fully saturated rings. The summed E-state index contributed by atoms with van der Waals surface area (Å²) in [5.41, 5.74) is 5.91. The summed E-state index contributed by atoms with van der Waals surface area (Å²) in [6.45, 7) is 4.68. The molecule has 1 saturated heterocycles. The van der Waals surface area contributed by atoms with Gasteiger partial charge in [0.25, 0.3) is 0 Å². The average Bonchev–Trinajstić information content (AvgIpc) is 2.36. The van der Waals surface area contributed by atoms with Crippen molar-refractivity contribution >= 4 is 24.3 Å². The van der Waals surface area contributed by atoms with Crippen LogP contribution in [0.1, 0.15) is 26.2 Å². The van der Waals surface area contributed by atoms with Crippen molar-refractivity contribution in [3.05, 3.63) is 0 Å². The molecule has 7 heteroatoms. The summed E-state index contributed by atoms with van der Waals surface area (Å²) in [5.74, 6) is 0.276. The molecule has 1 aliphatic heterocycles. The lowest BCUT2D eigenvalue weighted by Gasteiger charge is -2.34. The number of nitrogens with one attached hydrogen (secondary N) is 2. The van der Waals surface area contributed by atoms with Gasteiger partial charge in [-0.2, -0.15) is 0 Å². The molecule has 0 spiro atoms. The summed E-state index contributed by atoms with van der Waals surface area (Å²) in [6, 6.07) is -0.250. The smallest absolute Gasteiger partial charge is 0.321 e. The highest BCUT2D eigenvalue weighted by atomic mass is 35.5. The zero-order valence-corrected chi connectivity index (χ0v) is 12.5. The number of nitrogens with zero attached hydrogens (tertiary/aromatic N) is 1. The highest BCUT2D eigenvalue weighted by molar-refractivity contribution is 5.94. The monoisotopic (exact) mass is 292 g/mol. The number of hydrogen-bond donors (Lipinski definition) is 3. The van der Waals surface area contributed by atoms with Crippen LogP contribution in [0.25, 0.3) is 0 Å². The molecule has 0 aromatic heterocycles. The molecule has 6 nitrogen and oxygen atoms in total. The van der Waals surface area contributed by atoms with Crippen molar-refractivity contribution in [2.45, 2.75) is 32.2 Å². The van der Waals surface area contributed by atoms with Crippen LogP contribution in [0.3, 0.4) is 0 Å². The Morgan fingerprint density at radius 1 is 1.47 bits per heavy atom. The van der Waals surface area contributed by atoms with Crippen LogP contribution in [0.4, 0.5) is 4.79 Å². The maximum Gasteiger partial charge on any atom is 0.321 e. The van der Waals surface area contributed by atoms with Gasteiger partial charge in [-0.1, -0.05) is 0 Å². The van der Waals surface area contributed by atoms with E-state index in [0.717, 1.165) is 19.5 Å². The molecule has 0 saturated carbocycles. The van der Waals surface area contributed by atoms with Crippen molar-refractivity contribution < 1.29 is 9.59 Å². The van der Waals surface area contributed by atoms with Crippen LogP contribution >= 0.6 is 12.4 Å². The predicted molar refractivity (Wildman–Crippen MR) is 77.3 cm³/mol. The van der Waals surface area contributed by atoms with Crippen molar-refractivity contribution in [2.24, 2.45) is 11.7 Å². The third kappa shape index (κ3) is 6.75. The molecule has 0 aromatic carbocycles. The molecule has 112 valence electrons. The van der Waals surface area contributed by atoms with Crippen LogP contribution in [-0.2, 0) is 4.79 Å². The molecule has 1 rings (SSSR count). The van der Waals surface area contributed by atoms with Crippen molar-refractivity contribution in [3.63, 3.8) is 0 Å². The number of likely N-dealkylation sites (tertiary alicyclic amines) is 1. The molecule has 2 unspecified atom stereocenters. The summed E-state index contributed by atoms with van der Waals surface area (Å²) < 4.78 is 0. The van der Waals surface area contributed by atoms with E-state index in [-0.39, 0.29) is 24.4 Å². The molecule has 0 aliphatic carbocycles. The Bertz CT molecular complexity index is 299. The number of halogens is 1. The van der Waals surface area contributed by atoms with E-state index >= 15 is 0 Å². The lowest BCUT2D eigenvalue weighted by molar-refractivity contribution is -0.120. The van der Waals surface area contributed by atoms with Crippen LogP contribution in [0.15, 0.2) is 0 Å². The summed E-state index contributed by atoms with van der Waals surface area (Å²) in [4.78, 5) is 24.6. The minimum Gasteiger partial charge on any atom is -0.341 e. The predicted octanol–water partition coefficient (Wildman–Crippen LogP) is 0.313. The van der Waals surface area contributed by atoms with Gasteiger partial charge >= 0.3 is 6.03 Å². The van der Waals surface area contributed by atoms with Crippen molar-refractivity contribution in [3.8, 4) is 0 Å². The topological polar surface area (TPSA) is 87.5 Å². The number of piperidine rings is 1. The van der Waals surface area contributed by atoms with Gasteiger partial charge in [-0.05, 0) is 32.2 Å². The molecule has 2 atom stereocenters. The Morgan fingerprint density at radius 2 is 2.16 bits per heavy atom. The maximum absolute atomic E-state index is 11.4. The van der Waals surface area contributed by atoms with Crippen molar-refractivity contribution in [2.75, 3.05) is 26.7 Å². The number of nitrogens with two attached hydrogens (primary N) is 1. The number of carbonyl (C=O) groups excluding carboxylic acids is 2. The maximum atomic E-state index is 11.4. The summed E-state index contributed by atoms with van der Waals surface area (Å²) in [5, 5.41) is 4.62. The Labute approximate surface area is 120 Å². The lowest BCUT2D eigenvalue weighted by atomic mass is 9.92. The van der Waals surface area contributed by atoms with E-state index in [4.69, 9.17) is 5.73 Å². The van der Waals surface area contributed by atoms with Crippen LogP contribution in [0, 0.1) is 5.92 Å². The van der Waals surface area contributed by atoms with Gasteiger partial charge in [0.15, 0.2) is 0 Å². The van der Waals surface area contributed by atoms with Gasteiger partial charge in [0, 0.05) is 32.6 Å². The van der Waals surface area contributed by atoms with Crippen molar-refractivity contribution in [1.29, 1.82) is 0 Å². The average molecular weight is 293 g/mol. The molecule has 0 bridgehead atoms. The van der Waals surface area contributed by atoms with E-state index in [1.807, 2.05) is 6.92 Å². The fraction of sp³-hybridized carbons (Fsp3) is 0.833. The minimum atomic E-state index is -0.452. The third-order valence-corrected chi connectivity index (χ3v) is 3.42. The molecular formula is C12H25ClN4O2. The van der Waals surface area contributed by atoms with Crippen LogP contribution in [-0.4, -0.2) is 49.6 Å². The van der Waals surface area contributed by atoms with Crippen LogP contribution in [0.2, 0.25) is 0 Å². The number of rotatable bonds is 4. The molecule has 3 amide bonds. The second kappa shape index (κ2) is 9.12. The first kappa shape index (κ1) is 18.1. The van der Waals surface area contributed by atoms with Gasteiger partial charge in [-0.25, -0.2) is 4.79 Å². The van der Waals surface area contributed by atoms with Crippen LogP contribution < -0.4 is 16.4 Å². The first-order valence-electron chi connectivity index (χ1n) is 6.52. The largest absolute Gasteiger partial charge is 0.341 e. The number of carbonyl (C=O) groups is 2. The Balaban J connectivity index is 0.00000324. The second-order valence-electron chi connectivity index (χ2n) is 4.94. The van der Waals surface area contributed by atoms with Gasteiger partial charge in [-0.15, -0.1) is 12.4 Å². The minimum absolute atomic E-state index is 0.